The maximum absolute atomic E-state index is 12.6. The Kier molecular flexibility index (Phi) is 8.53. The third kappa shape index (κ3) is 4.82. The first kappa shape index (κ1) is 49.1. The summed E-state index contributed by atoms with van der Waals surface area (Å²) in [5.41, 5.74) is 32.8. The zero-order chi connectivity index (χ0) is 60.0. The molecular formula is C80H46O10. The molecule has 11 aliphatic carbocycles. The number of benzene rings is 10. The number of hydrogen-bond acceptors (Lipinski definition) is 7. The molecule has 11 aliphatic rings. The van der Waals surface area contributed by atoms with E-state index in [4.69, 9.17) is 9.47 Å². The topological polar surface area (TPSA) is 164 Å². The Morgan fingerprint density at radius 3 is 0.822 bits per heavy atom. The van der Waals surface area contributed by atoms with Gasteiger partial charge in [-0.1, -0.05) is 182 Å². The Balaban J connectivity index is 1.06. The molecule has 10 nitrogen and oxygen atoms in total. The lowest BCUT2D eigenvalue weighted by atomic mass is 9.40. The van der Waals surface area contributed by atoms with Gasteiger partial charge in [0.05, 0.1) is 46.3 Å². The van der Waals surface area contributed by atoms with E-state index in [-0.39, 0.29) is 32.5 Å². The minimum atomic E-state index is -1.02. The maximum atomic E-state index is 12.6. The summed E-state index contributed by atoms with van der Waals surface area (Å²) in [5, 5.41) is 31.1. The standard InChI is InChI=1S/C80H46O10/c81-36-89-34-41-7-17-46(18-8-41)79-67-54-27-25-52-50-23-21-48-49-22-24-51-53-26-28-55-57-30-29-56(54)69(79)70(57)80(47-19-9-42(10-20-47)35-90-37-82)68(55)66(53)78(45-15-5-40(6-16-45)33-60(87)88)64(51)62(49)76(43-11-1-38(2-12-43)31-58(83)84)61(48)63(50)77(65(52)67,72-71(76)73(78)75(80)74(72)79)44-13-3-39(4-14-44)32-59(85)86/h1-30,36-37,74H,31-35H2,(H,83,84)(H,85,86)(H,87,88)/t74-,76-,77+,78-,79+,80-/m1/s1. The first-order valence-corrected chi connectivity index (χ1v) is 30.7. The average Bonchev–Trinajstić information content (AvgIpc) is 1.40. The molecule has 0 bridgehead atoms. The Hall–Kier alpha value is -11.0. The summed E-state index contributed by atoms with van der Waals surface area (Å²) in [6.45, 7) is 1.19. The van der Waals surface area contributed by atoms with E-state index >= 15 is 0 Å². The molecule has 0 aromatic heterocycles. The van der Waals surface area contributed by atoms with E-state index in [2.05, 4.69) is 146 Å². The summed E-state index contributed by atoms with van der Waals surface area (Å²) in [6.07, 6.45) is -0.433. The molecule has 0 amide bonds. The maximum Gasteiger partial charge on any atom is 0.307 e. The van der Waals surface area contributed by atoms with Crippen molar-refractivity contribution in [3.8, 4) is 55.6 Å². The van der Waals surface area contributed by atoms with Gasteiger partial charge in [-0.25, -0.2) is 0 Å². The van der Waals surface area contributed by atoms with Crippen molar-refractivity contribution in [2.45, 2.75) is 59.6 Å². The second-order valence-corrected chi connectivity index (χ2v) is 26.4. The van der Waals surface area contributed by atoms with Crippen LogP contribution in [-0.2, 0) is 93.0 Å². The summed E-state index contributed by atoms with van der Waals surface area (Å²) >= 11 is 0. The normalized spacial score (nSPS) is 23.9. The predicted octanol–water partition coefficient (Wildman–Crippen LogP) is 13.1. The van der Waals surface area contributed by atoms with Gasteiger partial charge in [0, 0.05) is 5.92 Å². The molecule has 10 heteroatoms. The molecule has 0 unspecified atom stereocenters. The van der Waals surface area contributed by atoms with Crippen molar-refractivity contribution in [2.24, 2.45) is 5.92 Å². The van der Waals surface area contributed by atoms with Crippen LogP contribution in [0, 0.1) is 5.92 Å². The molecule has 0 heterocycles. The second-order valence-electron chi connectivity index (χ2n) is 26.4. The van der Waals surface area contributed by atoms with Crippen molar-refractivity contribution in [2.75, 3.05) is 0 Å². The number of carbonyl (C=O) groups excluding carboxylic acids is 2. The fraction of sp³-hybridized carbons (Fsp3) is 0.138. The molecule has 21 rings (SSSR count). The van der Waals surface area contributed by atoms with Crippen molar-refractivity contribution in [3.63, 3.8) is 0 Å². The predicted molar refractivity (Wildman–Crippen MR) is 332 cm³/mol. The minimum Gasteiger partial charge on any atom is -0.481 e. The van der Waals surface area contributed by atoms with Crippen LogP contribution in [0.25, 0.3) is 55.6 Å². The molecule has 3 N–H and O–H groups in total. The highest BCUT2D eigenvalue weighted by Crippen LogP contribution is 2.90. The Morgan fingerprint density at radius 2 is 0.544 bits per heavy atom. The van der Waals surface area contributed by atoms with Gasteiger partial charge >= 0.3 is 17.9 Å². The van der Waals surface area contributed by atoms with Gasteiger partial charge in [0.25, 0.3) is 12.9 Å². The van der Waals surface area contributed by atoms with Gasteiger partial charge < -0.3 is 24.8 Å². The molecule has 0 saturated carbocycles. The van der Waals surface area contributed by atoms with Gasteiger partial charge in [-0.05, 0) is 189 Å². The summed E-state index contributed by atoms with van der Waals surface area (Å²) in [6, 6.07) is 66.8. The van der Waals surface area contributed by atoms with Crippen LogP contribution in [0.1, 0.15) is 111 Å². The molecule has 426 valence electrons. The van der Waals surface area contributed by atoms with Crippen LogP contribution in [0.2, 0.25) is 0 Å². The number of aliphatic carboxylic acids is 3. The minimum absolute atomic E-state index is 0.102. The average molecular weight is 1170 g/mol. The third-order valence-electron chi connectivity index (χ3n) is 23.3. The van der Waals surface area contributed by atoms with Gasteiger partial charge in [-0.2, -0.15) is 0 Å². The highest BCUT2D eigenvalue weighted by atomic mass is 16.5. The fourth-order valence-corrected chi connectivity index (χ4v) is 21.2. The van der Waals surface area contributed by atoms with Gasteiger partial charge in [0.15, 0.2) is 0 Å². The number of allylic oxidation sites excluding steroid dienone is 4. The fourth-order valence-electron chi connectivity index (χ4n) is 21.2. The highest BCUT2D eigenvalue weighted by Gasteiger charge is 2.82. The molecule has 0 spiro atoms. The van der Waals surface area contributed by atoms with E-state index in [1.807, 2.05) is 36.4 Å². The smallest absolute Gasteiger partial charge is 0.307 e. The highest BCUT2D eigenvalue weighted by molar-refractivity contribution is 6.14. The first-order valence-electron chi connectivity index (χ1n) is 30.7. The Morgan fingerprint density at radius 1 is 0.311 bits per heavy atom. The van der Waals surface area contributed by atoms with Crippen LogP contribution in [0.3, 0.4) is 0 Å². The number of ether oxygens (including phenoxy) is 2. The van der Waals surface area contributed by atoms with Crippen molar-refractivity contribution < 1.29 is 48.8 Å². The van der Waals surface area contributed by atoms with Crippen LogP contribution >= 0.6 is 0 Å². The largest absolute Gasteiger partial charge is 0.481 e. The van der Waals surface area contributed by atoms with E-state index in [0.717, 1.165) is 94.6 Å². The lowest BCUT2D eigenvalue weighted by Crippen LogP contribution is -2.57. The molecule has 10 aromatic carbocycles. The van der Waals surface area contributed by atoms with E-state index in [9.17, 15) is 39.3 Å². The molecule has 90 heavy (non-hydrogen) atoms. The third-order valence-corrected chi connectivity index (χ3v) is 23.3. The number of fused-ring (bicyclic) bond motifs is 5. The molecule has 6 atom stereocenters. The van der Waals surface area contributed by atoms with Crippen molar-refractivity contribution in [1.29, 1.82) is 0 Å². The van der Waals surface area contributed by atoms with E-state index in [1.165, 1.54) is 77.9 Å². The zero-order valence-electron chi connectivity index (χ0n) is 47.8. The number of rotatable bonds is 17. The summed E-state index contributed by atoms with van der Waals surface area (Å²) in [5.74, 6) is -3.18. The molecule has 0 radical (unpaired) electrons. The van der Waals surface area contributed by atoms with Crippen LogP contribution < -0.4 is 0 Å². The van der Waals surface area contributed by atoms with Gasteiger partial charge in [-0.3, -0.25) is 24.0 Å². The Bertz CT molecular complexity index is 5340. The number of hydrogen-bond donors (Lipinski definition) is 3. The van der Waals surface area contributed by atoms with Gasteiger partial charge in [-0.15, -0.1) is 0 Å². The summed E-state index contributed by atoms with van der Waals surface area (Å²) in [4.78, 5) is 61.6. The van der Waals surface area contributed by atoms with Gasteiger partial charge in [0.2, 0.25) is 0 Å². The SMILES string of the molecule is O=COCc1ccc([C@]23C4=C5C6=C7[C@H]4[C@]4(c8ccc(COC=O)cc8)c8c9ccc(c82)-c2ccc8c(c23)[C@@]5(c2ccc(CC(=O)O)cc2)c2c-8ccc3c2[C@@]6(c2ccc(CC(=O)O)cc2)c2c-3ccc3c2[C@@]7(c2ccc(CC(=O)O)cc2)c2c-3ccc-9c24)cc1. The molecule has 0 saturated heterocycles. The molecular weight excluding hydrogens is 1120 g/mol. The zero-order valence-corrected chi connectivity index (χ0v) is 47.8. The lowest BCUT2D eigenvalue weighted by molar-refractivity contribution is -0.137. The van der Waals surface area contributed by atoms with Crippen LogP contribution in [-0.4, -0.2) is 46.2 Å². The quantitative estimate of drug-likeness (QED) is 0.0748. The van der Waals surface area contributed by atoms with Crippen LogP contribution in [0.4, 0.5) is 0 Å². The van der Waals surface area contributed by atoms with E-state index in [0.29, 0.717) is 29.6 Å². The molecule has 0 fully saturated rings. The first-order chi connectivity index (χ1) is 44.0. The van der Waals surface area contributed by atoms with E-state index < -0.39 is 50.9 Å². The monoisotopic (exact) mass is 1170 g/mol. The lowest BCUT2D eigenvalue weighted by Gasteiger charge is -2.60. The van der Waals surface area contributed by atoms with Crippen LogP contribution in [0.15, 0.2) is 204 Å². The van der Waals surface area contributed by atoms with Gasteiger partial charge in [0.1, 0.15) is 13.2 Å². The number of carbonyl (C=O) groups is 5. The number of carboxylic acid groups (broad SMARTS) is 3. The van der Waals surface area contributed by atoms with Crippen molar-refractivity contribution in [3.05, 3.63) is 316 Å². The second kappa shape index (κ2) is 15.6. The summed E-state index contributed by atoms with van der Waals surface area (Å²) < 4.78 is 10.9. The summed E-state index contributed by atoms with van der Waals surface area (Å²) in [7, 11) is 0. The molecule has 0 aliphatic heterocycles. The van der Waals surface area contributed by atoms with Crippen molar-refractivity contribution in [1.82, 2.24) is 0 Å². The van der Waals surface area contributed by atoms with Crippen LogP contribution in [0.5, 0.6) is 0 Å². The van der Waals surface area contributed by atoms with Crippen molar-refractivity contribution >= 4 is 30.9 Å². The Labute approximate surface area is 513 Å². The number of carboxylic acids is 3. The van der Waals surface area contributed by atoms with E-state index in [1.54, 1.807) is 0 Å². The molecule has 10 aromatic rings.